The molecule has 7 heteroatoms. The van der Waals surface area contributed by atoms with E-state index in [0.29, 0.717) is 30.2 Å². The second-order valence-corrected chi connectivity index (χ2v) is 8.43. The molecule has 1 atom stereocenters. The zero-order valence-electron chi connectivity index (χ0n) is 18.9. The van der Waals surface area contributed by atoms with E-state index in [1.807, 2.05) is 30.9 Å². The highest BCUT2D eigenvalue weighted by Gasteiger charge is 2.32. The highest BCUT2D eigenvalue weighted by Crippen LogP contribution is 2.28. The Hall–Kier alpha value is -3.48. The first-order chi connectivity index (χ1) is 15.4. The molecule has 0 saturated heterocycles. The molecular weight excluding hydrogens is 406 g/mol. The minimum Gasteiger partial charge on any atom is -0.497 e. The van der Waals surface area contributed by atoms with Crippen molar-refractivity contribution in [1.29, 1.82) is 0 Å². The van der Waals surface area contributed by atoms with Gasteiger partial charge >= 0.3 is 0 Å². The number of carbonyl (C=O) groups excluding carboxylic acids is 2. The lowest BCUT2D eigenvalue weighted by Crippen LogP contribution is -2.52. The highest BCUT2D eigenvalue weighted by molar-refractivity contribution is 5.98. The molecule has 2 N–H and O–H groups in total. The summed E-state index contributed by atoms with van der Waals surface area (Å²) in [5.41, 5.74) is 3.82. The third-order valence-electron chi connectivity index (χ3n) is 6.03. The molecule has 2 aromatic carbocycles. The van der Waals surface area contributed by atoms with Crippen molar-refractivity contribution < 1.29 is 19.1 Å². The lowest BCUT2D eigenvalue weighted by atomic mass is 9.99. The van der Waals surface area contributed by atoms with Gasteiger partial charge in [0.05, 0.1) is 14.2 Å². The summed E-state index contributed by atoms with van der Waals surface area (Å²) in [5, 5.41) is 4.09. The molecule has 168 valence electrons. The van der Waals surface area contributed by atoms with Crippen LogP contribution in [0.5, 0.6) is 11.5 Å². The van der Waals surface area contributed by atoms with Crippen molar-refractivity contribution in [2.45, 2.75) is 32.9 Å². The van der Waals surface area contributed by atoms with Gasteiger partial charge in [-0.05, 0) is 24.1 Å². The van der Waals surface area contributed by atoms with E-state index >= 15 is 0 Å². The Morgan fingerprint density at radius 2 is 1.75 bits per heavy atom. The number of amides is 2. The molecular formula is C25H29N3O4. The quantitative estimate of drug-likeness (QED) is 0.621. The summed E-state index contributed by atoms with van der Waals surface area (Å²) < 4.78 is 10.5. The summed E-state index contributed by atoms with van der Waals surface area (Å²) in [5.74, 6) is 0.566. The zero-order chi connectivity index (χ0) is 22.8. The van der Waals surface area contributed by atoms with Crippen LogP contribution in [0.2, 0.25) is 0 Å². The molecule has 1 aliphatic heterocycles. The number of ether oxygens (including phenoxy) is 2. The molecule has 1 aromatic heterocycles. The number of carbonyl (C=O) groups is 2. The fourth-order valence-corrected chi connectivity index (χ4v) is 4.23. The maximum absolute atomic E-state index is 13.5. The molecule has 2 amide bonds. The predicted octanol–water partition coefficient (Wildman–Crippen LogP) is 3.52. The van der Waals surface area contributed by atoms with E-state index in [-0.39, 0.29) is 17.7 Å². The number of fused-ring (bicyclic) bond motifs is 3. The van der Waals surface area contributed by atoms with Crippen LogP contribution in [0.1, 0.15) is 35.5 Å². The molecule has 0 unspecified atom stereocenters. The van der Waals surface area contributed by atoms with E-state index < -0.39 is 6.04 Å². The van der Waals surface area contributed by atoms with Gasteiger partial charge in [-0.3, -0.25) is 9.59 Å². The Balaban J connectivity index is 1.54. The average Bonchev–Trinajstić information content (AvgIpc) is 3.19. The fraction of sp³-hybridized carbons (Fsp3) is 0.360. The van der Waals surface area contributed by atoms with Crippen LogP contribution in [0.25, 0.3) is 10.9 Å². The van der Waals surface area contributed by atoms with Gasteiger partial charge < -0.3 is 24.7 Å². The molecule has 32 heavy (non-hydrogen) atoms. The Labute approximate surface area is 187 Å². The minimum absolute atomic E-state index is 0.0664. The highest BCUT2D eigenvalue weighted by atomic mass is 16.5. The second-order valence-electron chi connectivity index (χ2n) is 8.43. The summed E-state index contributed by atoms with van der Waals surface area (Å²) >= 11 is 0. The number of rotatable bonds is 6. The normalized spacial score (nSPS) is 14.2. The first kappa shape index (κ1) is 21.7. The van der Waals surface area contributed by atoms with Crippen molar-refractivity contribution >= 4 is 22.7 Å². The molecule has 0 saturated carbocycles. The number of hydrogen-bond acceptors (Lipinski definition) is 4. The van der Waals surface area contributed by atoms with Crippen LogP contribution in [-0.4, -0.2) is 48.5 Å². The summed E-state index contributed by atoms with van der Waals surface area (Å²) in [4.78, 5) is 31.8. The van der Waals surface area contributed by atoms with Gasteiger partial charge in [-0.25, -0.2) is 0 Å². The third-order valence-corrected chi connectivity index (χ3v) is 6.03. The van der Waals surface area contributed by atoms with Crippen LogP contribution in [0.3, 0.4) is 0 Å². The van der Waals surface area contributed by atoms with Crippen molar-refractivity contribution in [3.05, 3.63) is 59.3 Å². The molecule has 0 spiro atoms. The average molecular weight is 436 g/mol. The summed E-state index contributed by atoms with van der Waals surface area (Å²) in [6.45, 7) is 5.03. The monoisotopic (exact) mass is 435 g/mol. The van der Waals surface area contributed by atoms with Gasteiger partial charge in [0.25, 0.3) is 5.91 Å². The van der Waals surface area contributed by atoms with Crippen LogP contribution in [0, 0.1) is 5.92 Å². The fourth-order valence-electron chi connectivity index (χ4n) is 4.23. The number of nitrogens with zero attached hydrogens (tertiary/aromatic N) is 1. The molecule has 4 rings (SSSR count). The van der Waals surface area contributed by atoms with Crippen molar-refractivity contribution in [2.24, 2.45) is 5.92 Å². The smallest absolute Gasteiger partial charge is 0.252 e. The van der Waals surface area contributed by atoms with Crippen LogP contribution in [0.15, 0.2) is 42.5 Å². The van der Waals surface area contributed by atoms with E-state index in [1.54, 1.807) is 18.2 Å². The lowest BCUT2D eigenvalue weighted by Gasteiger charge is -2.32. The van der Waals surface area contributed by atoms with Gasteiger partial charge in [-0.2, -0.15) is 0 Å². The number of para-hydroxylation sites is 1. The molecule has 3 aromatic rings. The largest absolute Gasteiger partial charge is 0.497 e. The van der Waals surface area contributed by atoms with Gasteiger partial charge in [0.15, 0.2) is 0 Å². The van der Waals surface area contributed by atoms with Gasteiger partial charge in [0.2, 0.25) is 5.91 Å². The first-order valence-electron chi connectivity index (χ1n) is 10.8. The summed E-state index contributed by atoms with van der Waals surface area (Å²) in [7, 11) is 3.07. The SMILES string of the molecule is COc1cc(OC)cc(C(=O)N[C@H](C(=O)N2CCc3[nH]c4ccccc4c3C2)C(C)C)c1. The Kier molecular flexibility index (Phi) is 6.08. The number of benzene rings is 2. The zero-order valence-corrected chi connectivity index (χ0v) is 18.9. The first-order valence-corrected chi connectivity index (χ1v) is 10.8. The molecule has 0 fully saturated rings. The number of methoxy groups -OCH3 is 2. The van der Waals surface area contributed by atoms with E-state index in [1.165, 1.54) is 19.9 Å². The maximum atomic E-state index is 13.5. The van der Waals surface area contributed by atoms with Crippen LogP contribution < -0.4 is 14.8 Å². The molecule has 7 nitrogen and oxygen atoms in total. The van der Waals surface area contributed by atoms with Crippen molar-refractivity contribution in [2.75, 3.05) is 20.8 Å². The topological polar surface area (TPSA) is 83.7 Å². The van der Waals surface area contributed by atoms with Crippen molar-refractivity contribution in [3.63, 3.8) is 0 Å². The number of nitrogens with one attached hydrogen (secondary N) is 2. The summed E-state index contributed by atoms with van der Waals surface area (Å²) in [6, 6.07) is 12.5. The molecule has 2 heterocycles. The number of H-pyrrole nitrogens is 1. The Morgan fingerprint density at radius 1 is 1.06 bits per heavy atom. The third kappa shape index (κ3) is 4.15. The van der Waals surface area contributed by atoms with E-state index in [2.05, 4.69) is 22.4 Å². The van der Waals surface area contributed by atoms with E-state index in [9.17, 15) is 9.59 Å². The van der Waals surface area contributed by atoms with Gasteiger partial charge in [0.1, 0.15) is 17.5 Å². The van der Waals surface area contributed by atoms with E-state index in [0.717, 1.165) is 22.9 Å². The molecule has 0 aliphatic carbocycles. The Morgan fingerprint density at radius 3 is 2.41 bits per heavy atom. The molecule has 0 bridgehead atoms. The van der Waals surface area contributed by atoms with Gasteiger partial charge in [-0.1, -0.05) is 32.0 Å². The second kappa shape index (κ2) is 8.94. The number of hydrogen-bond donors (Lipinski definition) is 2. The standard InChI is InChI=1S/C25H29N3O4/c1-15(2)23(27-24(29)16-11-17(31-3)13-18(12-16)32-4)25(30)28-10-9-22-20(14-28)19-7-5-6-8-21(19)26-22/h5-8,11-13,15,23,26H,9-10,14H2,1-4H3,(H,27,29)/t23-/m0/s1. The number of aromatic amines is 1. The van der Waals surface area contributed by atoms with Gasteiger partial charge in [0, 0.05) is 53.3 Å². The lowest BCUT2D eigenvalue weighted by molar-refractivity contribution is -0.135. The van der Waals surface area contributed by atoms with Crippen LogP contribution in [0.4, 0.5) is 0 Å². The molecule has 0 radical (unpaired) electrons. The van der Waals surface area contributed by atoms with Crippen molar-refractivity contribution in [3.8, 4) is 11.5 Å². The van der Waals surface area contributed by atoms with Crippen LogP contribution >= 0.6 is 0 Å². The number of aromatic nitrogens is 1. The van der Waals surface area contributed by atoms with Gasteiger partial charge in [-0.15, -0.1) is 0 Å². The van der Waals surface area contributed by atoms with Crippen molar-refractivity contribution in [1.82, 2.24) is 15.2 Å². The molecule has 1 aliphatic rings. The summed E-state index contributed by atoms with van der Waals surface area (Å²) in [6.07, 6.45) is 0.765. The Bertz CT molecular complexity index is 1130. The predicted molar refractivity (Wildman–Crippen MR) is 123 cm³/mol. The minimum atomic E-state index is -0.633. The van der Waals surface area contributed by atoms with Crippen LogP contribution in [-0.2, 0) is 17.8 Å². The van der Waals surface area contributed by atoms with E-state index in [4.69, 9.17) is 9.47 Å². The maximum Gasteiger partial charge on any atom is 0.252 e.